The highest BCUT2D eigenvalue weighted by molar-refractivity contribution is 7.89. The van der Waals surface area contributed by atoms with Gasteiger partial charge in [0.25, 0.3) is 0 Å². The van der Waals surface area contributed by atoms with Crippen LogP contribution in [-0.2, 0) is 16.6 Å². The number of aliphatic imine (C=N–C) groups is 1. The highest BCUT2D eigenvalue weighted by Gasteiger charge is 2.27. The molecule has 124 valence electrons. The summed E-state index contributed by atoms with van der Waals surface area (Å²) in [5.41, 5.74) is 1.01. The number of hydrogen-bond acceptors (Lipinski definition) is 5. The van der Waals surface area contributed by atoms with Crippen LogP contribution in [0.3, 0.4) is 0 Å². The van der Waals surface area contributed by atoms with Crippen LogP contribution in [0.25, 0.3) is 0 Å². The lowest BCUT2D eigenvalue weighted by molar-refractivity contribution is 0.431. The second-order valence-electron chi connectivity index (χ2n) is 5.26. The molecule has 0 unspecified atom stereocenters. The van der Waals surface area contributed by atoms with Crippen molar-refractivity contribution < 1.29 is 8.42 Å². The van der Waals surface area contributed by atoms with Gasteiger partial charge in [0.2, 0.25) is 10.0 Å². The molecule has 1 fully saturated rings. The summed E-state index contributed by atoms with van der Waals surface area (Å²) in [5, 5.41) is 6.29. The standard InChI is InChI=1S/C13H23N5O2S2/c1-11-16-12(10-21-11)9-17(3)13(14-2)15-5-7-18-6-4-8-22(18,19)20/h10H,4-9H2,1-3H3,(H,14,15). The molecule has 1 aliphatic heterocycles. The summed E-state index contributed by atoms with van der Waals surface area (Å²) < 4.78 is 25.0. The van der Waals surface area contributed by atoms with Gasteiger partial charge in [-0.15, -0.1) is 11.3 Å². The summed E-state index contributed by atoms with van der Waals surface area (Å²) in [6.45, 7) is 4.30. The normalized spacial score (nSPS) is 18.6. The molecule has 2 heterocycles. The molecule has 0 spiro atoms. The molecule has 9 heteroatoms. The molecule has 7 nitrogen and oxygen atoms in total. The molecular weight excluding hydrogens is 322 g/mol. The van der Waals surface area contributed by atoms with Crippen molar-refractivity contribution in [2.75, 3.05) is 39.5 Å². The Bertz CT molecular complexity index is 626. The monoisotopic (exact) mass is 345 g/mol. The Morgan fingerprint density at radius 1 is 1.59 bits per heavy atom. The van der Waals surface area contributed by atoms with E-state index in [1.807, 2.05) is 24.3 Å². The molecule has 0 amide bonds. The van der Waals surface area contributed by atoms with Gasteiger partial charge >= 0.3 is 0 Å². The third-order valence-electron chi connectivity index (χ3n) is 3.49. The Morgan fingerprint density at radius 2 is 2.36 bits per heavy atom. The van der Waals surface area contributed by atoms with Gasteiger partial charge in [-0.2, -0.15) is 0 Å². The van der Waals surface area contributed by atoms with E-state index in [-0.39, 0.29) is 5.75 Å². The average Bonchev–Trinajstić information content (AvgIpc) is 3.00. The number of nitrogens with zero attached hydrogens (tertiary/aromatic N) is 4. The third-order valence-corrected chi connectivity index (χ3v) is 6.27. The quantitative estimate of drug-likeness (QED) is 0.621. The molecule has 1 aromatic heterocycles. The number of aryl methyl sites for hydroxylation is 1. The van der Waals surface area contributed by atoms with E-state index in [4.69, 9.17) is 0 Å². The van der Waals surface area contributed by atoms with Gasteiger partial charge in [0.1, 0.15) is 0 Å². The lowest BCUT2D eigenvalue weighted by Gasteiger charge is -2.22. The number of sulfonamides is 1. The summed E-state index contributed by atoms with van der Waals surface area (Å²) in [5.74, 6) is 1.01. The van der Waals surface area contributed by atoms with E-state index in [0.717, 1.165) is 23.1 Å². The van der Waals surface area contributed by atoms with Crippen LogP contribution in [-0.4, -0.2) is 68.0 Å². The first-order valence-electron chi connectivity index (χ1n) is 7.23. The van der Waals surface area contributed by atoms with E-state index in [0.29, 0.717) is 26.2 Å². The maximum atomic E-state index is 11.7. The molecule has 0 saturated carbocycles. The van der Waals surface area contributed by atoms with Crippen LogP contribution in [0, 0.1) is 6.92 Å². The molecule has 1 N–H and O–H groups in total. The van der Waals surface area contributed by atoms with Gasteiger partial charge in [-0.25, -0.2) is 17.7 Å². The Kier molecular flexibility index (Phi) is 5.76. The van der Waals surface area contributed by atoms with Crippen molar-refractivity contribution in [3.63, 3.8) is 0 Å². The third kappa shape index (κ3) is 4.40. The van der Waals surface area contributed by atoms with E-state index in [1.165, 1.54) is 4.31 Å². The number of nitrogens with one attached hydrogen (secondary N) is 1. The van der Waals surface area contributed by atoms with E-state index in [1.54, 1.807) is 18.4 Å². The van der Waals surface area contributed by atoms with Gasteiger partial charge in [0, 0.05) is 39.1 Å². The van der Waals surface area contributed by atoms with Gasteiger partial charge < -0.3 is 10.2 Å². The van der Waals surface area contributed by atoms with E-state index in [9.17, 15) is 8.42 Å². The SMILES string of the molecule is CN=C(NCCN1CCCS1(=O)=O)N(C)Cc1csc(C)n1. The summed E-state index contributed by atoms with van der Waals surface area (Å²) in [6, 6.07) is 0. The van der Waals surface area contributed by atoms with Crippen LogP contribution in [0.2, 0.25) is 0 Å². The number of rotatable bonds is 5. The highest BCUT2D eigenvalue weighted by Crippen LogP contribution is 2.12. The van der Waals surface area contributed by atoms with Crippen molar-refractivity contribution in [3.05, 3.63) is 16.1 Å². The summed E-state index contributed by atoms with van der Waals surface area (Å²) in [4.78, 5) is 10.6. The molecule has 0 bridgehead atoms. The second-order valence-corrected chi connectivity index (χ2v) is 8.41. The minimum Gasteiger partial charge on any atom is -0.355 e. The number of thiazole rings is 1. The van der Waals surface area contributed by atoms with E-state index < -0.39 is 10.0 Å². The van der Waals surface area contributed by atoms with Crippen molar-refractivity contribution in [1.29, 1.82) is 0 Å². The van der Waals surface area contributed by atoms with Gasteiger partial charge in [-0.1, -0.05) is 0 Å². The number of aromatic nitrogens is 1. The molecule has 0 aliphatic carbocycles. The molecule has 2 rings (SSSR count). The molecule has 1 saturated heterocycles. The fourth-order valence-corrected chi connectivity index (χ4v) is 4.55. The van der Waals surface area contributed by atoms with Gasteiger partial charge in [-0.05, 0) is 13.3 Å². The molecule has 1 aliphatic rings. The maximum absolute atomic E-state index is 11.7. The largest absolute Gasteiger partial charge is 0.355 e. The fourth-order valence-electron chi connectivity index (χ4n) is 2.42. The highest BCUT2D eigenvalue weighted by atomic mass is 32.2. The summed E-state index contributed by atoms with van der Waals surface area (Å²) >= 11 is 1.63. The maximum Gasteiger partial charge on any atom is 0.214 e. The first-order valence-corrected chi connectivity index (χ1v) is 9.72. The van der Waals surface area contributed by atoms with Crippen molar-refractivity contribution in [2.45, 2.75) is 19.9 Å². The molecule has 0 atom stereocenters. The Morgan fingerprint density at radius 3 is 2.91 bits per heavy atom. The molecular formula is C13H23N5O2S2. The fraction of sp³-hybridized carbons (Fsp3) is 0.692. The topological polar surface area (TPSA) is 77.9 Å². The first kappa shape index (κ1) is 17.2. The predicted molar refractivity (Wildman–Crippen MR) is 89.7 cm³/mol. The van der Waals surface area contributed by atoms with Crippen LogP contribution in [0.4, 0.5) is 0 Å². The zero-order chi connectivity index (χ0) is 16.2. The van der Waals surface area contributed by atoms with Crippen LogP contribution in [0.15, 0.2) is 10.4 Å². The Labute approximate surface area is 136 Å². The van der Waals surface area contributed by atoms with Gasteiger partial charge in [0.05, 0.1) is 23.0 Å². The molecule has 0 radical (unpaired) electrons. The van der Waals surface area contributed by atoms with Crippen molar-refractivity contribution in [1.82, 2.24) is 19.5 Å². The minimum absolute atomic E-state index is 0.269. The van der Waals surface area contributed by atoms with Gasteiger partial charge in [-0.3, -0.25) is 4.99 Å². The lowest BCUT2D eigenvalue weighted by atomic mass is 10.4. The van der Waals surface area contributed by atoms with Crippen LogP contribution in [0.5, 0.6) is 0 Å². The average molecular weight is 345 g/mol. The van der Waals surface area contributed by atoms with Crippen molar-refractivity contribution in [3.8, 4) is 0 Å². The molecule has 0 aromatic carbocycles. The minimum atomic E-state index is -3.03. The number of hydrogen-bond donors (Lipinski definition) is 1. The van der Waals surface area contributed by atoms with Crippen LogP contribution >= 0.6 is 11.3 Å². The Hall–Kier alpha value is -1.19. The molecule has 1 aromatic rings. The van der Waals surface area contributed by atoms with E-state index >= 15 is 0 Å². The van der Waals surface area contributed by atoms with Crippen molar-refractivity contribution >= 4 is 27.3 Å². The van der Waals surface area contributed by atoms with Crippen molar-refractivity contribution in [2.24, 2.45) is 4.99 Å². The molecule has 22 heavy (non-hydrogen) atoms. The summed E-state index contributed by atoms with van der Waals surface area (Å²) in [7, 11) is 0.634. The van der Waals surface area contributed by atoms with Crippen LogP contribution in [0.1, 0.15) is 17.1 Å². The second kappa shape index (κ2) is 7.38. The zero-order valence-corrected chi connectivity index (χ0v) is 14.9. The predicted octanol–water partition coefficient (Wildman–Crippen LogP) is 0.494. The lowest BCUT2D eigenvalue weighted by Crippen LogP contribution is -2.42. The summed E-state index contributed by atoms with van der Waals surface area (Å²) in [6.07, 6.45) is 0.722. The first-order chi connectivity index (χ1) is 10.4. The van der Waals surface area contributed by atoms with Crippen LogP contribution < -0.4 is 5.32 Å². The van der Waals surface area contributed by atoms with E-state index in [2.05, 4.69) is 15.3 Å². The smallest absolute Gasteiger partial charge is 0.214 e. The van der Waals surface area contributed by atoms with Gasteiger partial charge in [0.15, 0.2) is 5.96 Å². The Balaban J connectivity index is 1.82. The number of guanidine groups is 1. The zero-order valence-electron chi connectivity index (χ0n) is 13.2.